The molecule has 1 fully saturated rings. The van der Waals surface area contributed by atoms with Crippen molar-refractivity contribution >= 4 is 31.8 Å². The highest BCUT2D eigenvalue weighted by molar-refractivity contribution is 6.73. The Hall–Kier alpha value is -3.49. The molecule has 4 rings (SSSR count). The van der Waals surface area contributed by atoms with Gasteiger partial charge in [-0.25, -0.2) is 8.78 Å². The van der Waals surface area contributed by atoms with Crippen LogP contribution in [0.4, 0.5) is 22.0 Å². The Balaban J connectivity index is 1.82. The van der Waals surface area contributed by atoms with Crippen LogP contribution in [0.25, 0.3) is 0 Å². The van der Waals surface area contributed by atoms with Crippen LogP contribution in [-0.4, -0.2) is 55.1 Å². The van der Waals surface area contributed by atoms with Gasteiger partial charge in [0, 0.05) is 18.2 Å². The number of nitrogens with zero attached hydrogens (tertiary/aromatic N) is 3. The van der Waals surface area contributed by atoms with Crippen LogP contribution in [-0.2, 0) is 26.7 Å². The monoisotopic (exact) mass is 757 g/mol. The molecule has 1 saturated carbocycles. The number of halogens is 6. The molecule has 0 radical (unpaired) electrons. The van der Waals surface area contributed by atoms with Crippen molar-refractivity contribution in [2.24, 2.45) is 5.92 Å². The molecule has 3 aromatic rings. The molecule has 51 heavy (non-hydrogen) atoms. The van der Waals surface area contributed by atoms with Crippen molar-refractivity contribution in [1.29, 1.82) is 0 Å². The second-order valence-electron chi connectivity index (χ2n) is 12.8. The van der Waals surface area contributed by atoms with Crippen LogP contribution >= 0.6 is 11.6 Å². The number of ether oxygens (including phenoxy) is 2. The van der Waals surface area contributed by atoms with Gasteiger partial charge in [0.2, 0.25) is 0 Å². The molecule has 1 amide bonds. The first-order chi connectivity index (χ1) is 24.2. The molecule has 0 aliphatic heterocycles. The van der Waals surface area contributed by atoms with Crippen molar-refractivity contribution in [2.45, 2.75) is 96.4 Å². The van der Waals surface area contributed by atoms with Gasteiger partial charge in [0.15, 0.2) is 14.0 Å². The molecular weight excluding hydrogens is 713 g/mol. The highest BCUT2D eigenvalue weighted by atomic mass is 35.5. The average molecular weight is 758 g/mol. The summed E-state index contributed by atoms with van der Waals surface area (Å²) >= 11 is 6.73. The minimum Gasteiger partial charge on any atom is -0.496 e. The Morgan fingerprint density at radius 2 is 1.65 bits per heavy atom. The Kier molecular flexibility index (Phi) is 13.7. The fourth-order valence-electron chi connectivity index (χ4n) is 6.90. The zero-order valence-electron chi connectivity index (χ0n) is 29.5. The van der Waals surface area contributed by atoms with E-state index in [0.29, 0.717) is 48.4 Å². The quantitative estimate of drug-likeness (QED) is 0.0873. The van der Waals surface area contributed by atoms with E-state index >= 15 is 0 Å². The first kappa shape index (κ1) is 40.3. The lowest BCUT2D eigenvalue weighted by molar-refractivity contribution is -0.151. The zero-order valence-corrected chi connectivity index (χ0v) is 31.3. The summed E-state index contributed by atoms with van der Waals surface area (Å²) in [6.07, 6.45) is -4.04. The first-order valence-corrected chi connectivity index (χ1v) is 20.2. The molecule has 0 bridgehead atoms. The van der Waals surface area contributed by atoms with Crippen molar-refractivity contribution in [2.75, 3.05) is 20.3 Å². The van der Waals surface area contributed by atoms with Gasteiger partial charge in [0.1, 0.15) is 17.4 Å². The van der Waals surface area contributed by atoms with Crippen LogP contribution in [0.1, 0.15) is 92.7 Å². The number of aromatic nitrogens is 2. The topological polar surface area (TPSA) is 82.9 Å². The number of rotatable bonds is 15. The van der Waals surface area contributed by atoms with Crippen LogP contribution in [0, 0.1) is 17.6 Å². The van der Waals surface area contributed by atoms with Gasteiger partial charge in [-0.3, -0.25) is 14.3 Å². The highest BCUT2D eigenvalue weighted by Gasteiger charge is 2.44. The van der Waals surface area contributed by atoms with Crippen LogP contribution in [0.3, 0.4) is 0 Å². The molecule has 15 heteroatoms. The minimum atomic E-state index is -4.99. The average Bonchev–Trinajstić information content (AvgIpc) is 3.56. The Morgan fingerprint density at radius 3 is 2.20 bits per heavy atom. The predicted octanol–water partition coefficient (Wildman–Crippen LogP) is 9.54. The molecule has 2 aromatic carbocycles. The number of amides is 1. The summed E-state index contributed by atoms with van der Waals surface area (Å²) < 4.78 is 92.1. The van der Waals surface area contributed by atoms with Gasteiger partial charge in [-0.1, -0.05) is 38.4 Å². The number of esters is 1. The van der Waals surface area contributed by atoms with Crippen LogP contribution in [0.5, 0.6) is 5.75 Å². The maximum atomic E-state index is 14.9. The van der Waals surface area contributed by atoms with Crippen molar-refractivity contribution < 1.29 is 45.4 Å². The number of hydrogen-bond donors (Lipinski definition) is 0. The van der Waals surface area contributed by atoms with Gasteiger partial charge in [-0.15, -0.1) is 0 Å². The second-order valence-corrected chi connectivity index (χ2v) is 17.9. The smallest absolute Gasteiger partial charge is 0.433 e. The van der Waals surface area contributed by atoms with Gasteiger partial charge in [0.05, 0.1) is 55.1 Å². The number of benzene rings is 2. The van der Waals surface area contributed by atoms with Crippen molar-refractivity contribution in [3.63, 3.8) is 0 Å². The fraction of sp³-hybridized carbons (Fsp3) is 0.528. The summed E-state index contributed by atoms with van der Waals surface area (Å²) in [6, 6.07) is 9.07. The largest absolute Gasteiger partial charge is 0.496 e. The molecule has 1 aromatic heterocycles. The number of carbonyl (C=O) groups is 2. The van der Waals surface area contributed by atoms with E-state index in [9.17, 15) is 31.5 Å². The van der Waals surface area contributed by atoms with Gasteiger partial charge in [-0.05, 0) is 80.6 Å². The molecule has 1 aliphatic carbocycles. The molecular formula is C36H45ClF5N3O5Si. The lowest BCUT2D eigenvalue weighted by Crippen LogP contribution is -2.42. The van der Waals surface area contributed by atoms with E-state index in [1.165, 1.54) is 7.11 Å². The Morgan fingerprint density at radius 1 is 1.02 bits per heavy atom. The van der Waals surface area contributed by atoms with Crippen molar-refractivity contribution in [3.8, 4) is 5.75 Å². The SMILES string of the molecule is CCOC(=O)C1CCC(n2ncc(C(=O)N(Cc3cc(F)cc(F)c3)CC(O[Si](CC)(CC)CC)c3c(Cl)cccc3OC)c2C(F)(F)F)CC1. The van der Waals surface area contributed by atoms with Gasteiger partial charge >= 0.3 is 12.1 Å². The third-order valence-electron chi connectivity index (χ3n) is 9.81. The summed E-state index contributed by atoms with van der Waals surface area (Å²) in [4.78, 5) is 27.9. The summed E-state index contributed by atoms with van der Waals surface area (Å²) in [7, 11) is -1.05. The first-order valence-electron chi connectivity index (χ1n) is 17.3. The van der Waals surface area contributed by atoms with E-state index in [1.54, 1.807) is 25.1 Å². The Labute approximate surface area is 301 Å². The minimum absolute atomic E-state index is 0.0222. The zero-order chi connectivity index (χ0) is 37.5. The van der Waals surface area contributed by atoms with Gasteiger partial charge in [0.25, 0.3) is 5.91 Å². The van der Waals surface area contributed by atoms with E-state index in [-0.39, 0.29) is 42.5 Å². The molecule has 1 heterocycles. The van der Waals surface area contributed by atoms with E-state index < -0.39 is 67.9 Å². The summed E-state index contributed by atoms with van der Waals surface area (Å²) in [5, 5.41) is 4.34. The number of alkyl halides is 3. The van der Waals surface area contributed by atoms with Crippen LogP contribution < -0.4 is 4.74 Å². The molecule has 1 aliphatic rings. The van der Waals surface area contributed by atoms with Gasteiger partial charge in [-0.2, -0.15) is 18.3 Å². The van der Waals surface area contributed by atoms with E-state index in [4.69, 9.17) is 25.5 Å². The molecule has 0 spiro atoms. The Bertz CT molecular complexity index is 1630. The number of methoxy groups -OCH3 is 1. The third kappa shape index (κ3) is 9.49. The van der Waals surface area contributed by atoms with E-state index in [2.05, 4.69) is 5.10 Å². The molecule has 280 valence electrons. The maximum absolute atomic E-state index is 14.9. The van der Waals surface area contributed by atoms with Crippen LogP contribution in [0.15, 0.2) is 42.6 Å². The number of hydrogen-bond acceptors (Lipinski definition) is 6. The molecule has 0 N–H and O–H groups in total. The fourth-order valence-corrected chi connectivity index (χ4v) is 9.99. The van der Waals surface area contributed by atoms with Crippen molar-refractivity contribution in [3.05, 3.63) is 81.6 Å². The van der Waals surface area contributed by atoms with E-state index in [1.807, 2.05) is 20.8 Å². The maximum Gasteiger partial charge on any atom is 0.433 e. The third-order valence-corrected chi connectivity index (χ3v) is 14.8. The standard InChI is InChI=1S/C36H45ClF5N3O5Si/c1-6-49-35(47)24-13-15-27(16-14-24)45-33(36(40,41)42)28(20-43-45)34(46)44(21-23-17-25(38)19-26(39)18-23)22-31(50-51(7-2,8-3)9-4)32-29(37)11-10-12-30(32)48-5/h10-12,17-20,24,27,31H,6-9,13-16,21-22H2,1-5H3. The molecule has 1 atom stereocenters. The van der Waals surface area contributed by atoms with Crippen molar-refractivity contribution in [1.82, 2.24) is 14.7 Å². The lowest BCUT2D eigenvalue weighted by atomic mass is 9.86. The normalized spacial score (nSPS) is 17.2. The second kappa shape index (κ2) is 17.3. The number of carbonyl (C=O) groups excluding carboxylic acids is 2. The molecule has 0 saturated heterocycles. The predicted molar refractivity (Wildman–Crippen MR) is 185 cm³/mol. The summed E-state index contributed by atoms with van der Waals surface area (Å²) in [5.74, 6) is -3.34. The van der Waals surface area contributed by atoms with Gasteiger partial charge < -0.3 is 18.8 Å². The highest BCUT2D eigenvalue weighted by Crippen LogP contribution is 2.42. The summed E-state index contributed by atoms with van der Waals surface area (Å²) in [5.41, 5.74) is -1.53. The molecule has 8 nitrogen and oxygen atoms in total. The van der Waals surface area contributed by atoms with E-state index in [0.717, 1.165) is 27.9 Å². The summed E-state index contributed by atoms with van der Waals surface area (Å²) in [6.45, 7) is 7.12. The molecule has 1 unspecified atom stereocenters. The van der Waals surface area contributed by atoms with Crippen LogP contribution in [0.2, 0.25) is 23.2 Å². The lowest BCUT2D eigenvalue weighted by Gasteiger charge is -2.37.